The Kier molecular flexibility index (Phi) is 4.36. The van der Waals surface area contributed by atoms with Gasteiger partial charge in [-0.05, 0) is 6.92 Å². The Labute approximate surface area is 69.7 Å². The first-order chi connectivity index (χ1) is 5.02. The minimum Gasteiger partial charge on any atom is -0.478 e. The summed E-state index contributed by atoms with van der Waals surface area (Å²) in [5, 5.41) is 10.2. The van der Waals surface area contributed by atoms with Crippen LogP contribution in [0, 0.1) is 0 Å². The Morgan fingerprint density at radius 2 is 2.09 bits per heavy atom. The standard InChI is InChI=1S/C6H9NO3S/c1-4(11)7-5(8)2-3-6(9)10/h2-4,11H,1H3,(H,7,8)(H,9,10). The second-order valence-corrected chi connectivity index (χ2v) is 2.63. The molecule has 0 saturated carbocycles. The summed E-state index contributed by atoms with van der Waals surface area (Å²) in [5.74, 6) is -1.61. The molecule has 0 aliphatic carbocycles. The second kappa shape index (κ2) is 4.79. The van der Waals surface area contributed by atoms with Gasteiger partial charge in [0.15, 0.2) is 0 Å². The number of hydrogen-bond donors (Lipinski definition) is 3. The van der Waals surface area contributed by atoms with E-state index in [1.807, 2.05) is 0 Å². The van der Waals surface area contributed by atoms with Crippen LogP contribution in [0.2, 0.25) is 0 Å². The Balaban J connectivity index is 3.78. The Hall–Kier alpha value is -0.970. The van der Waals surface area contributed by atoms with E-state index in [0.717, 1.165) is 12.2 Å². The third-order valence-corrected chi connectivity index (χ3v) is 0.858. The van der Waals surface area contributed by atoms with Gasteiger partial charge in [0.25, 0.3) is 0 Å². The Morgan fingerprint density at radius 1 is 1.55 bits per heavy atom. The van der Waals surface area contributed by atoms with E-state index in [-0.39, 0.29) is 5.37 Å². The van der Waals surface area contributed by atoms with E-state index >= 15 is 0 Å². The van der Waals surface area contributed by atoms with Gasteiger partial charge in [-0.2, -0.15) is 12.6 Å². The molecule has 0 saturated heterocycles. The maximum Gasteiger partial charge on any atom is 0.328 e. The fourth-order valence-electron chi connectivity index (χ4n) is 0.401. The van der Waals surface area contributed by atoms with E-state index in [0.29, 0.717) is 0 Å². The van der Waals surface area contributed by atoms with Gasteiger partial charge in [0.2, 0.25) is 5.91 Å². The van der Waals surface area contributed by atoms with Crippen LogP contribution in [0.25, 0.3) is 0 Å². The number of rotatable bonds is 3. The summed E-state index contributed by atoms with van der Waals surface area (Å²) in [5.41, 5.74) is 0. The molecule has 4 nitrogen and oxygen atoms in total. The SMILES string of the molecule is CC(S)NC(=O)C=CC(=O)O. The van der Waals surface area contributed by atoms with Crippen molar-refractivity contribution in [1.82, 2.24) is 5.32 Å². The molecule has 0 aliphatic heterocycles. The van der Waals surface area contributed by atoms with Crippen molar-refractivity contribution in [2.24, 2.45) is 0 Å². The normalized spacial score (nSPS) is 12.9. The van der Waals surface area contributed by atoms with Crippen LogP contribution in [0.4, 0.5) is 0 Å². The number of carbonyl (C=O) groups is 2. The van der Waals surface area contributed by atoms with Crippen molar-refractivity contribution < 1.29 is 14.7 Å². The zero-order chi connectivity index (χ0) is 8.85. The van der Waals surface area contributed by atoms with Crippen molar-refractivity contribution in [2.45, 2.75) is 12.3 Å². The second-order valence-electron chi connectivity index (χ2n) is 1.86. The van der Waals surface area contributed by atoms with Gasteiger partial charge < -0.3 is 10.4 Å². The number of amides is 1. The largest absolute Gasteiger partial charge is 0.478 e. The molecule has 11 heavy (non-hydrogen) atoms. The summed E-state index contributed by atoms with van der Waals surface area (Å²) in [4.78, 5) is 20.6. The predicted octanol–water partition coefficient (Wildman–Crippen LogP) is 0.0192. The monoisotopic (exact) mass is 175 g/mol. The molecule has 5 heteroatoms. The van der Waals surface area contributed by atoms with Crippen molar-refractivity contribution >= 4 is 24.5 Å². The number of carboxylic acids is 1. The van der Waals surface area contributed by atoms with Gasteiger partial charge in [0.05, 0.1) is 5.37 Å². The summed E-state index contributed by atoms with van der Waals surface area (Å²) >= 11 is 3.87. The predicted molar refractivity (Wildman–Crippen MR) is 43.4 cm³/mol. The highest BCUT2D eigenvalue weighted by Crippen LogP contribution is 1.85. The van der Waals surface area contributed by atoms with Gasteiger partial charge in [0.1, 0.15) is 0 Å². The fourth-order valence-corrected chi connectivity index (χ4v) is 0.528. The van der Waals surface area contributed by atoms with E-state index in [1.165, 1.54) is 0 Å². The van der Waals surface area contributed by atoms with Crippen LogP contribution in [0.5, 0.6) is 0 Å². The zero-order valence-corrected chi connectivity index (χ0v) is 6.84. The highest BCUT2D eigenvalue weighted by molar-refractivity contribution is 7.80. The topological polar surface area (TPSA) is 66.4 Å². The number of nitrogens with one attached hydrogen (secondary N) is 1. The van der Waals surface area contributed by atoms with Gasteiger partial charge in [-0.15, -0.1) is 0 Å². The van der Waals surface area contributed by atoms with Crippen LogP contribution in [0.15, 0.2) is 12.2 Å². The van der Waals surface area contributed by atoms with Crippen molar-refractivity contribution in [1.29, 1.82) is 0 Å². The average molecular weight is 175 g/mol. The summed E-state index contributed by atoms with van der Waals surface area (Å²) in [6, 6.07) is 0. The van der Waals surface area contributed by atoms with Crippen molar-refractivity contribution in [2.75, 3.05) is 0 Å². The molecule has 0 bridgehead atoms. The summed E-state index contributed by atoms with van der Waals surface area (Å²) in [6.45, 7) is 1.66. The van der Waals surface area contributed by atoms with Gasteiger partial charge in [-0.25, -0.2) is 4.79 Å². The van der Waals surface area contributed by atoms with Crippen LogP contribution >= 0.6 is 12.6 Å². The molecule has 0 aromatic heterocycles. The minimum atomic E-state index is -1.15. The van der Waals surface area contributed by atoms with E-state index in [9.17, 15) is 9.59 Å². The molecule has 1 atom stereocenters. The summed E-state index contributed by atoms with van der Waals surface area (Å²) < 4.78 is 0. The first-order valence-corrected chi connectivity index (χ1v) is 3.43. The maximum atomic E-state index is 10.6. The molecule has 0 fully saturated rings. The van der Waals surface area contributed by atoms with Gasteiger partial charge in [0, 0.05) is 12.2 Å². The van der Waals surface area contributed by atoms with Gasteiger partial charge in [-0.1, -0.05) is 0 Å². The van der Waals surface area contributed by atoms with Crippen molar-refractivity contribution in [3.8, 4) is 0 Å². The number of thiol groups is 1. The molecule has 0 aliphatic rings. The van der Waals surface area contributed by atoms with Crippen LogP contribution < -0.4 is 5.32 Å². The molecule has 0 aromatic carbocycles. The molecule has 0 spiro atoms. The van der Waals surface area contributed by atoms with E-state index in [2.05, 4.69) is 17.9 Å². The zero-order valence-electron chi connectivity index (χ0n) is 5.94. The number of carboxylic acid groups (broad SMARTS) is 1. The van der Waals surface area contributed by atoms with Gasteiger partial charge in [-0.3, -0.25) is 4.79 Å². The third kappa shape index (κ3) is 6.92. The average Bonchev–Trinajstić information content (AvgIpc) is 1.82. The molecule has 0 heterocycles. The lowest BCUT2D eigenvalue weighted by molar-refractivity contribution is -0.131. The smallest absolute Gasteiger partial charge is 0.328 e. The highest BCUT2D eigenvalue weighted by Gasteiger charge is 1.98. The molecule has 0 aromatic rings. The number of aliphatic carboxylic acids is 1. The van der Waals surface area contributed by atoms with Gasteiger partial charge >= 0.3 is 5.97 Å². The molecule has 1 unspecified atom stereocenters. The van der Waals surface area contributed by atoms with Crippen LogP contribution in [0.1, 0.15) is 6.92 Å². The van der Waals surface area contributed by atoms with Crippen LogP contribution in [0.3, 0.4) is 0 Å². The lowest BCUT2D eigenvalue weighted by Gasteiger charge is -2.02. The quantitative estimate of drug-likeness (QED) is 0.322. The Morgan fingerprint density at radius 3 is 2.45 bits per heavy atom. The van der Waals surface area contributed by atoms with E-state index in [1.54, 1.807) is 6.92 Å². The number of hydrogen-bond acceptors (Lipinski definition) is 3. The molecule has 62 valence electrons. The molecule has 1 amide bonds. The highest BCUT2D eigenvalue weighted by atomic mass is 32.1. The van der Waals surface area contributed by atoms with Crippen molar-refractivity contribution in [3.05, 3.63) is 12.2 Å². The molecule has 0 rings (SSSR count). The third-order valence-electron chi connectivity index (χ3n) is 0.728. The lowest BCUT2D eigenvalue weighted by Crippen LogP contribution is -2.26. The van der Waals surface area contributed by atoms with Crippen molar-refractivity contribution in [3.63, 3.8) is 0 Å². The summed E-state index contributed by atoms with van der Waals surface area (Å²) in [6.07, 6.45) is 1.71. The first kappa shape index (κ1) is 10.0. The first-order valence-electron chi connectivity index (χ1n) is 2.92. The fraction of sp³-hybridized carbons (Fsp3) is 0.333. The molecule has 2 N–H and O–H groups in total. The molecular formula is C6H9NO3S. The minimum absolute atomic E-state index is 0.277. The summed E-state index contributed by atoms with van der Waals surface area (Å²) in [7, 11) is 0. The lowest BCUT2D eigenvalue weighted by atomic mass is 10.4. The van der Waals surface area contributed by atoms with E-state index < -0.39 is 11.9 Å². The molecular weight excluding hydrogens is 166 g/mol. The van der Waals surface area contributed by atoms with Crippen LogP contribution in [-0.4, -0.2) is 22.4 Å². The Bertz CT molecular complexity index is 188. The molecule has 0 radical (unpaired) electrons. The van der Waals surface area contributed by atoms with E-state index in [4.69, 9.17) is 5.11 Å². The van der Waals surface area contributed by atoms with Crippen LogP contribution in [-0.2, 0) is 9.59 Å². The number of carbonyl (C=O) groups excluding carboxylic acids is 1. The maximum absolute atomic E-state index is 10.6.